The maximum absolute atomic E-state index is 13.4. The number of amides is 1. The van der Waals surface area contributed by atoms with Crippen molar-refractivity contribution in [3.8, 4) is 11.5 Å². The number of hydrogen-bond acceptors (Lipinski definition) is 9. The fraction of sp³-hybridized carbons (Fsp3) is 0.237. The lowest BCUT2D eigenvalue weighted by molar-refractivity contribution is -0.0967. The molecule has 1 aliphatic heterocycles. The summed E-state index contributed by atoms with van der Waals surface area (Å²) in [6.07, 6.45) is -2.54. The third-order valence-corrected chi connectivity index (χ3v) is 9.46. The van der Waals surface area contributed by atoms with Crippen LogP contribution in [0.1, 0.15) is 33.3 Å². The molecule has 1 aliphatic rings. The highest BCUT2D eigenvalue weighted by Crippen LogP contribution is 2.43. The van der Waals surface area contributed by atoms with Gasteiger partial charge in [-0.1, -0.05) is 72.8 Å². The predicted octanol–water partition coefficient (Wildman–Crippen LogP) is 5.40. The van der Waals surface area contributed by atoms with Crippen LogP contribution in [0.15, 0.2) is 120 Å². The molecule has 1 saturated heterocycles. The topological polar surface area (TPSA) is 130 Å². The molecule has 1 amide bonds. The molecule has 1 fully saturated rings. The number of benzene rings is 4. The summed E-state index contributed by atoms with van der Waals surface area (Å²) in [5.41, 5.74) is 1.04. The molecule has 0 bridgehead atoms. The van der Waals surface area contributed by atoms with Crippen LogP contribution >= 0.6 is 22.6 Å². The molecular formula is C38H36IN3O8. The normalized spacial score (nSPS) is 18.8. The Kier molecular flexibility index (Phi) is 10.9. The molecule has 0 radical (unpaired) electrons. The van der Waals surface area contributed by atoms with Crippen molar-refractivity contribution in [2.45, 2.75) is 30.1 Å². The van der Waals surface area contributed by atoms with Gasteiger partial charge in [-0.25, -0.2) is 4.79 Å². The number of nitrogens with one attached hydrogen (secondary N) is 1. The number of rotatable bonds is 12. The minimum Gasteiger partial charge on any atom is -0.497 e. The molecule has 11 nitrogen and oxygen atoms in total. The fourth-order valence-electron chi connectivity index (χ4n) is 6.10. The lowest BCUT2D eigenvalue weighted by Crippen LogP contribution is -2.40. The second-order valence-electron chi connectivity index (χ2n) is 11.5. The Morgan fingerprint density at radius 2 is 1.40 bits per heavy atom. The number of ether oxygens (including phenoxy) is 5. The molecule has 4 aromatic carbocycles. The van der Waals surface area contributed by atoms with Gasteiger partial charge in [-0.15, -0.1) is 0 Å². The van der Waals surface area contributed by atoms with Crippen LogP contribution < -0.4 is 20.5 Å². The Balaban J connectivity index is 1.32. The van der Waals surface area contributed by atoms with Gasteiger partial charge in [0.05, 0.1) is 24.4 Å². The van der Waals surface area contributed by atoms with Crippen LogP contribution in [0.2, 0.25) is 0 Å². The van der Waals surface area contributed by atoms with E-state index in [4.69, 9.17) is 23.7 Å². The van der Waals surface area contributed by atoms with E-state index in [1.54, 1.807) is 44.6 Å². The highest BCUT2D eigenvalue weighted by atomic mass is 127. The summed E-state index contributed by atoms with van der Waals surface area (Å²) >= 11 is 1.99. The lowest BCUT2D eigenvalue weighted by Gasteiger charge is -2.37. The van der Waals surface area contributed by atoms with E-state index >= 15 is 0 Å². The van der Waals surface area contributed by atoms with Crippen molar-refractivity contribution >= 4 is 34.3 Å². The van der Waals surface area contributed by atoms with Gasteiger partial charge in [0.1, 0.15) is 35.4 Å². The first-order chi connectivity index (χ1) is 24.3. The molecule has 50 heavy (non-hydrogen) atoms. The van der Waals surface area contributed by atoms with Gasteiger partial charge in [-0.2, -0.15) is 4.98 Å². The van der Waals surface area contributed by atoms with Crippen molar-refractivity contribution in [1.82, 2.24) is 9.55 Å². The number of hydrogen-bond donors (Lipinski definition) is 2. The first-order valence-corrected chi connectivity index (χ1v) is 16.9. The summed E-state index contributed by atoms with van der Waals surface area (Å²) in [5, 5.41) is 14.2. The maximum Gasteiger partial charge on any atom is 0.351 e. The summed E-state index contributed by atoms with van der Waals surface area (Å²) in [5.74, 6) is 1.08. The van der Waals surface area contributed by atoms with Gasteiger partial charge in [0.25, 0.3) is 5.91 Å². The van der Waals surface area contributed by atoms with E-state index in [1.165, 1.54) is 17.9 Å². The number of anilines is 1. The van der Waals surface area contributed by atoms with Crippen LogP contribution in [-0.4, -0.2) is 66.8 Å². The second-order valence-corrected chi connectivity index (χ2v) is 12.7. The van der Waals surface area contributed by atoms with Gasteiger partial charge in [-0.3, -0.25) is 9.36 Å². The number of halogens is 1. The van der Waals surface area contributed by atoms with Gasteiger partial charge in [0, 0.05) is 18.9 Å². The Bertz CT molecular complexity index is 1910. The first kappa shape index (κ1) is 35.2. The van der Waals surface area contributed by atoms with Crippen LogP contribution in [0, 0.1) is 3.57 Å². The quantitative estimate of drug-likeness (QED) is 0.126. The molecular weight excluding hydrogens is 753 g/mol. The van der Waals surface area contributed by atoms with Crippen LogP contribution in [-0.2, 0) is 19.8 Å². The number of methoxy groups -OCH3 is 3. The minimum atomic E-state index is -1.17. The molecule has 1 aromatic heterocycles. The zero-order chi connectivity index (χ0) is 35.3. The molecule has 258 valence electrons. The van der Waals surface area contributed by atoms with E-state index in [0.717, 1.165) is 16.7 Å². The Hall–Kier alpha value is -4.60. The number of carbonyl (C=O) groups excluding carboxylic acids is 1. The zero-order valence-electron chi connectivity index (χ0n) is 27.6. The van der Waals surface area contributed by atoms with Gasteiger partial charge in [0.15, 0.2) is 12.0 Å². The Morgan fingerprint density at radius 1 is 0.860 bits per heavy atom. The molecule has 0 spiro atoms. The van der Waals surface area contributed by atoms with Crippen molar-refractivity contribution in [3.63, 3.8) is 0 Å². The van der Waals surface area contributed by atoms with Crippen LogP contribution in [0.25, 0.3) is 0 Å². The number of aliphatic hydroxyl groups is 1. The van der Waals surface area contributed by atoms with Gasteiger partial charge in [-0.05, 0) is 75.7 Å². The van der Waals surface area contributed by atoms with Gasteiger partial charge >= 0.3 is 5.69 Å². The SMILES string of the molecule is COc1ccc(C(OC[C@H]2O[C@@H](n3cc(I)c(NC(=O)c4ccccc4)nc3=O)[C@H](OC)[C@H]2O)(c2ccccc2)c2ccc(OC)cc2)cc1. The summed E-state index contributed by atoms with van der Waals surface area (Å²) < 4.78 is 31.6. The Morgan fingerprint density at radius 3 is 1.94 bits per heavy atom. The molecule has 0 unspecified atom stereocenters. The molecule has 6 rings (SSSR count). The monoisotopic (exact) mass is 789 g/mol. The van der Waals surface area contributed by atoms with E-state index in [-0.39, 0.29) is 12.4 Å². The highest BCUT2D eigenvalue weighted by Gasteiger charge is 2.48. The van der Waals surface area contributed by atoms with Crippen LogP contribution in [0.3, 0.4) is 0 Å². The van der Waals surface area contributed by atoms with Crippen LogP contribution in [0.4, 0.5) is 5.82 Å². The molecule has 0 saturated carbocycles. The average Bonchev–Trinajstić information content (AvgIpc) is 3.48. The van der Waals surface area contributed by atoms with Crippen molar-refractivity contribution in [2.75, 3.05) is 33.3 Å². The standard InChI is InChI=1S/C38H36IN3O8/c1-46-28-18-14-26(15-19-28)38(25-12-8-5-9-13-25,27-16-20-29(47-2)21-17-27)49-23-31-32(43)33(48-3)36(50-31)42-22-30(39)34(41-37(42)45)40-35(44)24-10-6-4-7-11-24/h4-22,31-33,36,43H,23H2,1-3H3,(H,40,41,44,45)/t31-,32+,33-,36-/m1/s1. The summed E-state index contributed by atoms with van der Waals surface area (Å²) in [6, 6.07) is 33.6. The van der Waals surface area contributed by atoms with Gasteiger partial charge in [0.2, 0.25) is 0 Å². The van der Waals surface area contributed by atoms with Crippen molar-refractivity contribution < 1.29 is 33.6 Å². The second kappa shape index (κ2) is 15.5. The molecule has 5 aromatic rings. The largest absolute Gasteiger partial charge is 0.497 e. The molecule has 0 aliphatic carbocycles. The van der Waals surface area contributed by atoms with E-state index in [0.29, 0.717) is 20.6 Å². The average molecular weight is 790 g/mol. The summed E-state index contributed by atoms with van der Waals surface area (Å²) in [6.45, 7) is -0.0883. The van der Waals surface area contributed by atoms with E-state index < -0.39 is 41.7 Å². The minimum absolute atomic E-state index is 0.0883. The highest BCUT2D eigenvalue weighted by molar-refractivity contribution is 14.1. The van der Waals surface area contributed by atoms with Crippen molar-refractivity contribution in [1.29, 1.82) is 0 Å². The number of aromatic nitrogens is 2. The predicted molar refractivity (Wildman–Crippen MR) is 195 cm³/mol. The van der Waals surface area contributed by atoms with E-state index in [9.17, 15) is 14.7 Å². The molecule has 12 heteroatoms. The number of nitrogens with zero attached hydrogens (tertiary/aromatic N) is 2. The smallest absolute Gasteiger partial charge is 0.351 e. The fourth-order valence-corrected chi connectivity index (χ4v) is 6.66. The zero-order valence-corrected chi connectivity index (χ0v) is 29.7. The molecule has 4 atom stereocenters. The number of carbonyl (C=O) groups is 1. The third-order valence-electron chi connectivity index (χ3n) is 8.67. The first-order valence-electron chi connectivity index (χ1n) is 15.8. The molecule has 2 heterocycles. The third kappa shape index (κ3) is 7.02. The van der Waals surface area contributed by atoms with Crippen molar-refractivity contribution in [2.24, 2.45) is 0 Å². The maximum atomic E-state index is 13.4. The molecule has 2 N–H and O–H groups in total. The summed E-state index contributed by atoms with van der Waals surface area (Å²) in [4.78, 5) is 30.3. The number of aliphatic hydroxyl groups excluding tert-OH is 1. The van der Waals surface area contributed by atoms with Crippen molar-refractivity contribution in [3.05, 3.63) is 152 Å². The van der Waals surface area contributed by atoms with Gasteiger partial charge < -0.3 is 34.1 Å². The van der Waals surface area contributed by atoms with E-state index in [1.807, 2.05) is 101 Å². The summed E-state index contributed by atoms with van der Waals surface area (Å²) in [7, 11) is 4.66. The Labute approximate surface area is 302 Å². The van der Waals surface area contributed by atoms with E-state index in [2.05, 4.69) is 10.3 Å². The van der Waals surface area contributed by atoms with Crippen LogP contribution in [0.5, 0.6) is 11.5 Å². The lowest BCUT2D eigenvalue weighted by atomic mass is 9.80.